The molecule has 1 heterocycles. The monoisotopic (exact) mass is 293 g/mol. The molecule has 0 radical (unpaired) electrons. The first-order valence-electron chi connectivity index (χ1n) is 5.95. The number of aromatic nitrogens is 1. The Kier molecular flexibility index (Phi) is 3.22. The highest BCUT2D eigenvalue weighted by molar-refractivity contribution is 7.99. The fraction of sp³-hybridized carbons (Fsp3) is 0.0667. The van der Waals surface area contributed by atoms with Crippen molar-refractivity contribution in [2.24, 2.45) is 0 Å². The standard InChI is InChI=1S/C15H10F3NS/c16-15(17,18)10-8-13-12(6-7-19-13)14(9-10)20-11-4-2-1-3-5-11/h1-9,19H. The smallest absolute Gasteiger partial charge is 0.361 e. The van der Waals surface area contributed by atoms with Crippen LogP contribution in [0.25, 0.3) is 10.9 Å². The van der Waals surface area contributed by atoms with Crippen LogP contribution in [-0.2, 0) is 6.18 Å². The third kappa shape index (κ3) is 2.54. The molecule has 0 saturated heterocycles. The summed E-state index contributed by atoms with van der Waals surface area (Å²) in [7, 11) is 0. The van der Waals surface area contributed by atoms with Gasteiger partial charge >= 0.3 is 6.18 Å². The molecule has 1 N–H and O–H groups in total. The SMILES string of the molecule is FC(F)(F)c1cc(Sc2ccccc2)c2cc[nH]c2c1. The Hall–Kier alpha value is -1.88. The lowest BCUT2D eigenvalue weighted by molar-refractivity contribution is -0.137. The molecule has 0 aliphatic rings. The molecule has 0 spiro atoms. The van der Waals surface area contributed by atoms with Crippen molar-refractivity contribution in [3.8, 4) is 0 Å². The zero-order valence-electron chi connectivity index (χ0n) is 10.2. The van der Waals surface area contributed by atoms with Gasteiger partial charge < -0.3 is 4.98 Å². The molecule has 0 aliphatic carbocycles. The summed E-state index contributed by atoms with van der Waals surface area (Å²) in [5.74, 6) is 0. The second-order valence-corrected chi connectivity index (χ2v) is 5.44. The predicted molar refractivity (Wildman–Crippen MR) is 73.9 cm³/mol. The zero-order chi connectivity index (χ0) is 14.2. The van der Waals surface area contributed by atoms with Gasteiger partial charge in [0.15, 0.2) is 0 Å². The number of rotatable bonds is 2. The summed E-state index contributed by atoms with van der Waals surface area (Å²) in [5, 5.41) is 0.798. The van der Waals surface area contributed by atoms with E-state index in [1.54, 1.807) is 12.3 Å². The normalized spacial score (nSPS) is 11.9. The van der Waals surface area contributed by atoms with Crippen molar-refractivity contribution in [1.82, 2.24) is 4.98 Å². The van der Waals surface area contributed by atoms with E-state index in [1.165, 1.54) is 17.8 Å². The van der Waals surface area contributed by atoms with Crippen molar-refractivity contribution in [1.29, 1.82) is 0 Å². The van der Waals surface area contributed by atoms with Crippen LogP contribution in [0.5, 0.6) is 0 Å². The summed E-state index contributed by atoms with van der Waals surface area (Å²) in [6.07, 6.45) is -2.69. The van der Waals surface area contributed by atoms with Crippen LogP contribution in [0.3, 0.4) is 0 Å². The molecule has 0 fully saturated rings. The summed E-state index contributed by atoms with van der Waals surface area (Å²) < 4.78 is 38.8. The van der Waals surface area contributed by atoms with Crippen molar-refractivity contribution >= 4 is 22.7 Å². The lowest BCUT2D eigenvalue weighted by atomic mass is 10.1. The Morgan fingerprint density at radius 3 is 2.40 bits per heavy atom. The number of fused-ring (bicyclic) bond motifs is 1. The van der Waals surface area contributed by atoms with E-state index in [4.69, 9.17) is 0 Å². The number of alkyl halides is 3. The van der Waals surface area contributed by atoms with Crippen molar-refractivity contribution in [3.05, 3.63) is 60.3 Å². The van der Waals surface area contributed by atoms with Gasteiger partial charge in [-0.05, 0) is 30.3 Å². The highest BCUT2D eigenvalue weighted by atomic mass is 32.2. The van der Waals surface area contributed by atoms with E-state index in [0.717, 1.165) is 16.3 Å². The average Bonchev–Trinajstić information content (AvgIpc) is 2.87. The fourth-order valence-electron chi connectivity index (χ4n) is 2.00. The van der Waals surface area contributed by atoms with Gasteiger partial charge in [-0.25, -0.2) is 0 Å². The highest BCUT2D eigenvalue weighted by Gasteiger charge is 2.31. The molecule has 0 saturated carbocycles. The highest BCUT2D eigenvalue weighted by Crippen LogP contribution is 2.38. The molecule has 3 rings (SSSR count). The summed E-state index contributed by atoms with van der Waals surface area (Å²) in [4.78, 5) is 4.36. The predicted octanol–water partition coefficient (Wildman–Crippen LogP) is 5.34. The number of hydrogen-bond acceptors (Lipinski definition) is 1. The Labute approximate surface area is 117 Å². The molecule has 0 aliphatic heterocycles. The molecule has 0 bridgehead atoms. The molecule has 1 nitrogen and oxygen atoms in total. The first-order valence-corrected chi connectivity index (χ1v) is 6.77. The molecular weight excluding hydrogens is 283 g/mol. The maximum Gasteiger partial charge on any atom is 0.416 e. The summed E-state index contributed by atoms with van der Waals surface area (Å²) in [6, 6.07) is 13.5. The van der Waals surface area contributed by atoms with Crippen molar-refractivity contribution in [2.45, 2.75) is 16.0 Å². The third-order valence-corrected chi connectivity index (χ3v) is 3.99. The zero-order valence-corrected chi connectivity index (χ0v) is 11.1. The number of hydrogen-bond donors (Lipinski definition) is 1. The lowest BCUT2D eigenvalue weighted by Crippen LogP contribution is -2.04. The third-order valence-electron chi connectivity index (χ3n) is 2.93. The van der Waals surface area contributed by atoms with Crippen LogP contribution in [0.15, 0.2) is 64.5 Å². The Balaban J connectivity index is 2.11. The van der Waals surface area contributed by atoms with Crippen LogP contribution in [0, 0.1) is 0 Å². The van der Waals surface area contributed by atoms with Gasteiger partial charge in [-0.15, -0.1) is 0 Å². The maximum atomic E-state index is 12.9. The van der Waals surface area contributed by atoms with E-state index in [1.807, 2.05) is 30.3 Å². The molecule has 0 unspecified atom stereocenters. The van der Waals surface area contributed by atoms with Gasteiger partial charge in [0.05, 0.1) is 5.56 Å². The van der Waals surface area contributed by atoms with Crippen LogP contribution in [-0.4, -0.2) is 4.98 Å². The van der Waals surface area contributed by atoms with E-state index < -0.39 is 11.7 Å². The van der Waals surface area contributed by atoms with Crippen LogP contribution >= 0.6 is 11.8 Å². The number of nitrogens with one attached hydrogen (secondary N) is 1. The number of halogens is 3. The first-order chi connectivity index (χ1) is 9.54. The van der Waals surface area contributed by atoms with Gasteiger partial charge in [0.2, 0.25) is 0 Å². The van der Waals surface area contributed by atoms with E-state index in [2.05, 4.69) is 4.98 Å². The topological polar surface area (TPSA) is 15.8 Å². The molecule has 1 aromatic heterocycles. The van der Waals surface area contributed by atoms with Crippen molar-refractivity contribution in [2.75, 3.05) is 0 Å². The molecule has 2 aromatic carbocycles. The summed E-state index contributed by atoms with van der Waals surface area (Å²) in [6.45, 7) is 0. The largest absolute Gasteiger partial charge is 0.416 e. The van der Waals surface area contributed by atoms with Crippen LogP contribution in [0.1, 0.15) is 5.56 Å². The minimum absolute atomic E-state index is 0.498. The van der Waals surface area contributed by atoms with Crippen LogP contribution < -0.4 is 0 Å². The average molecular weight is 293 g/mol. The minimum atomic E-state index is -4.34. The maximum absolute atomic E-state index is 12.9. The van der Waals surface area contributed by atoms with E-state index in [-0.39, 0.29) is 0 Å². The van der Waals surface area contributed by atoms with E-state index in [0.29, 0.717) is 10.4 Å². The van der Waals surface area contributed by atoms with E-state index >= 15 is 0 Å². The second-order valence-electron chi connectivity index (χ2n) is 4.33. The molecule has 3 aromatic rings. The molecular formula is C15H10F3NS. The Bertz CT molecular complexity index is 732. The quantitative estimate of drug-likeness (QED) is 0.674. The molecule has 0 amide bonds. The summed E-state index contributed by atoms with van der Waals surface area (Å²) >= 11 is 1.33. The number of benzene rings is 2. The fourth-order valence-corrected chi connectivity index (χ4v) is 3.02. The van der Waals surface area contributed by atoms with Gasteiger partial charge in [0.25, 0.3) is 0 Å². The van der Waals surface area contributed by atoms with Crippen LogP contribution in [0.2, 0.25) is 0 Å². The molecule has 20 heavy (non-hydrogen) atoms. The van der Waals surface area contributed by atoms with Gasteiger partial charge in [-0.2, -0.15) is 13.2 Å². The van der Waals surface area contributed by atoms with Crippen molar-refractivity contribution in [3.63, 3.8) is 0 Å². The Morgan fingerprint density at radius 1 is 0.950 bits per heavy atom. The second kappa shape index (κ2) is 4.90. The minimum Gasteiger partial charge on any atom is -0.361 e. The van der Waals surface area contributed by atoms with E-state index in [9.17, 15) is 13.2 Å². The Morgan fingerprint density at radius 2 is 1.70 bits per heavy atom. The number of aromatic amines is 1. The molecule has 5 heteroatoms. The first kappa shape index (κ1) is 13.1. The van der Waals surface area contributed by atoms with Gasteiger partial charge in [-0.3, -0.25) is 0 Å². The van der Waals surface area contributed by atoms with Crippen LogP contribution in [0.4, 0.5) is 13.2 Å². The van der Waals surface area contributed by atoms with Gasteiger partial charge in [-0.1, -0.05) is 30.0 Å². The van der Waals surface area contributed by atoms with Gasteiger partial charge in [0, 0.05) is 26.9 Å². The number of H-pyrrole nitrogens is 1. The van der Waals surface area contributed by atoms with Gasteiger partial charge in [0.1, 0.15) is 0 Å². The summed E-state index contributed by atoms with van der Waals surface area (Å²) in [5.41, 5.74) is -0.135. The van der Waals surface area contributed by atoms with Crippen molar-refractivity contribution < 1.29 is 13.2 Å². The molecule has 102 valence electrons. The lowest BCUT2D eigenvalue weighted by Gasteiger charge is -2.10. The molecule has 0 atom stereocenters.